The molecule has 2 aromatic rings. The molecule has 0 spiro atoms. The molecule has 2 aromatic carbocycles. The highest BCUT2D eigenvalue weighted by Gasteiger charge is 2.03. The molecule has 0 heterocycles. The van der Waals surface area contributed by atoms with Gasteiger partial charge >= 0.3 is 0 Å². The highest BCUT2D eigenvalue weighted by molar-refractivity contribution is 5.94. The average molecular weight is 306 g/mol. The second-order valence-corrected chi connectivity index (χ2v) is 5.04. The summed E-state index contributed by atoms with van der Waals surface area (Å²) in [6.45, 7) is 0.212. The SMILES string of the molecule is C#CCNC(=O)c1ccc(N=Nc2ccc(N(C)C)cc2)cc1. The third-order valence-corrected chi connectivity index (χ3v) is 3.13. The second kappa shape index (κ2) is 7.76. The third-order valence-electron chi connectivity index (χ3n) is 3.13. The van der Waals surface area contributed by atoms with Crippen LogP contribution in [0.1, 0.15) is 10.4 Å². The van der Waals surface area contributed by atoms with Gasteiger partial charge in [0.15, 0.2) is 0 Å². The summed E-state index contributed by atoms with van der Waals surface area (Å²) in [5.41, 5.74) is 3.09. The van der Waals surface area contributed by atoms with Crippen molar-refractivity contribution in [2.75, 3.05) is 25.5 Å². The predicted octanol–water partition coefficient (Wildman–Crippen LogP) is 3.53. The lowest BCUT2D eigenvalue weighted by atomic mass is 10.2. The van der Waals surface area contributed by atoms with Gasteiger partial charge in [0.1, 0.15) is 0 Å². The summed E-state index contributed by atoms with van der Waals surface area (Å²) in [5.74, 6) is 2.16. The lowest BCUT2D eigenvalue weighted by Gasteiger charge is -2.11. The number of terminal acetylenes is 1. The Hall–Kier alpha value is -3.13. The number of carbonyl (C=O) groups is 1. The molecule has 0 fully saturated rings. The molecule has 116 valence electrons. The quantitative estimate of drug-likeness (QED) is 0.678. The molecule has 2 rings (SSSR count). The van der Waals surface area contributed by atoms with Gasteiger partial charge in [-0.2, -0.15) is 10.2 Å². The monoisotopic (exact) mass is 306 g/mol. The van der Waals surface area contributed by atoms with Gasteiger partial charge in [-0.1, -0.05) is 5.92 Å². The molecule has 5 heteroatoms. The minimum atomic E-state index is -0.203. The molecule has 0 aliphatic carbocycles. The number of carbonyl (C=O) groups excluding carboxylic acids is 1. The molecular weight excluding hydrogens is 288 g/mol. The molecule has 23 heavy (non-hydrogen) atoms. The van der Waals surface area contributed by atoms with E-state index in [0.29, 0.717) is 11.3 Å². The van der Waals surface area contributed by atoms with Crippen molar-refractivity contribution in [2.45, 2.75) is 0 Å². The molecule has 0 aromatic heterocycles. The highest BCUT2D eigenvalue weighted by Crippen LogP contribution is 2.21. The molecule has 0 atom stereocenters. The molecule has 0 radical (unpaired) electrons. The minimum Gasteiger partial charge on any atom is -0.378 e. The largest absolute Gasteiger partial charge is 0.378 e. The Kier molecular flexibility index (Phi) is 5.48. The van der Waals surface area contributed by atoms with Gasteiger partial charge in [-0.15, -0.1) is 6.42 Å². The molecule has 0 aliphatic rings. The maximum absolute atomic E-state index is 11.7. The summed E-state index contributed by atoms with van der Waals surface area (Å²) in [7, 11) is 3.97. The Morgan fingerprint density at radius 3 is 2.04 bits per heavy atom. The third kappa shape index (κ3) is 4.68. The van der Waals surface area contributed by atoms with E-state index in [1.807, 2.05) is 43.3 Å². The average Bonchev–Trinajstić information content (AvgIpc) is 2.58. The first kappa shape index (κ1) is 16.2. The molecule has 0 unspecified atom stereocenters. The first-order chi connectivity index (χ1) is 11.1. The van der Waals surface area contributed by atoms with Gasteiger partial charge in [0.25, 0.3) is 5.91 Å². The number of rotatable bonds is 5. The first-order valence-corrected chi connectivity index (χ1v) is 7.11. The van der Waals surface area contributed by atoms with Gasteiger partial charge in [-0.05, 0) is 48.5 Å². The van der Waals surface area contributed by atoms with E-state index >= 15 is 0 Å². The van der Waals surface area contributed by atoms with Crippen molar-refractivity contribution >= 4 is 23.0 Å². The van der Waals surface area contributed by atoms with Crippen molar-refractivity contribution in [3.63, 3.8) is 0 Å². The molecule has 1 N–H and O–H groups in total. The molecule has 5 nitrogen and oxygen atoms in total. The van der Waals surface area contributed by atoms with Crippen LogP contribution in [0.3, 0.4) is 0 Å². The molecule has 1 amide bonds. The van der Waals surface area contributed by atoms with Crippen LogP contribution < -0.4 is 10.2 Å². The Bertz CT molecular complexity index is 725. The number of hydrogen-bond acceptors (Lipinski definition) is 4. The van der Waals surface area contributed by atoms with Gasteiger partial charge in [-0.25, -0.2) is 0 Å². The van der Waals surface area contributed by atoms with E-state index in [2.05, 4.69) is 21.5 Å². The van der Waals surface area contributed by atoms with E-state index in [4.69, 9.17) is 6.42 Å². The van der Waals surface area contributed by atoms with Crippen LogP contribution in [-0.4, -0.2) is 26.5 Å². The van der Waals surface area contributed by atoms with Crippen LogP contribution in [0.2, 0.25) is 0 Å². The lowest BCUT2D eigenvalue weighted by molar-refractivity contribution is 0.0958. The second-order valence-electron chi connectivity index (χ2n) is 5.04. The van der Waals surface area contributed by atoms with Gasteiger partial charge in [-0.3, -0.25) is 4.79 Å². The fourth-order valence-corrected chi connectivity index (χ4v) is 1.85. The summed E-state index contributed by atoms with van der Waals surface area (Å²) >= 11 is 0. The molecule has 0 bridgehead atoms. The van der Waals surface area contributed by atoms with Crippen LogP contribution in [0, 0.1) is 12.3 Å². The first-order valence-electron chi connectivity index (χ1n) is 7.11. The molecule has 0 aliphatic heterocycles. The summed E-state index contributed by atoms with van der Waals surface area (Å²) in [4.78, 5) is 13.7. The van der Waals surface area contributed by atoms with Crippen molar-refractivity contribution in [3.8, 4) is 12.3 Å². The van der Waals surface area contributed by atoms with Crippen molar-refractivity contribution in [2.24, 2.45) is 10.2 Å². The van der Waals surface area contributed by atoms with Crippen LogP contribution in [-0.2, 0) is 0 Å². The van der Waals surface area contributed by atoms with Crippen LogP contribution >= 0.6 is 0 Å². The Morgan fingerprint density at radius 2 is 1.57 bits per heavy atom. The standard InChI is InChI=1S/C18H18N4O/c1-4-13-19-18(23)14-5-7-15(8-6-14)20-21-16-9-11-17(12-10-16)22(2)3/h1,5-12H,13H2,2-3H3,(H,19,23). The Morgan fingerprint density at radius 1 is 1.04 bits per heavy atom. The van der Waals surface area contributed by atoms with E-state index in [0.717, 1.165) is 11.4 Å². The molecule has 0 saturated heterocycles. The normalized spacial score (nSPS) is 10.3. The van der Waals surface area contributed by atoms with Gasteiger partial charge in [0, 0.05) is 25.3 Å². The van der Waals surface area contributed by atoms with Gasteiger partial charge in [0.2, 0.25) is 0 Å². The van der Waals surface area contributed by atoms with Crippen molar-refractivity contribution in [3.05, 3.63) is 54.1 Å². The summed E-state index contributed by atoms with van der Waals surface area (Å²) < 4.78 is 0. The fraction of sp³-hybridized carbons (Fsp3) is 0.167. The number of benzene rings is 2. The zero-order chi connectivity index (χ0) is 16.7. The molecule has 0 saturated carbocycles. The van der Waals surface area contributed by atoms with Crippen LogP contribution in [0.5, 0.6) is 0 Å². The number of anilines is 1. The predicted molar refractivity (Wildman–Crippen MR) is 92.6 cm³/mol. The summed E-state index contributed by atoms with van der Waals surface area (Å²) in [6.07, 6.45) is 5.10. The smallest absolute Gasteiger partial charge is 0.252 e. The van der Waals surface area contributed by atoms with Crippen LogP contribution in [0.4, 0.5) is 17.1 Å². The maximum atomic E-state index is 11.7. The van der Waals surface area contributed by atoms with E-state index in [1.54, 1.807) is 24.3 Å². The van der Waals surface area contributed by atoms with E-state index < -0.39 is 0 Å². The number of hydrogen-bond donors (Lipinski definition) is 1. The number of azo groups is 1. The Labute approximate surface area is 136 Å². The van der Waals surface area contributed by atoms with Crippen molar-refractivity contribution in [1.82, 2.24) is 5.32 Å². The topological polar surface area (TPSA) is 57.1 Å². The maximum Gasteiger partial charge on any atom is 0.252 e. The van der Waals surface area contributed by atoms with E-state index in [1.165, 1.54) is 0 Å². The number of nitrogens with zero attached hydrogens (tertiary/aromatic N) is 3. The zero-order valence-electron chi connectivity index (χ0n) is 13.2. The van der Waals surface area contributed by atoms with Crippen LogP contribution in [0.15, 0.2) is 58.8 Å². The van der Waals surface area contributed by atoms with Crippen molar-refractivity contribution in [1.29, 1.82) is 0 Å². The fourth-order valence-electron chi connectivity index (χ4n) is 1.85. The summed E-state index contributed by atoms with van der Waals surface area (Å²) in [6, 6.07) is 14.6. The van der Waals surface area contributed by atoms with Gasteiger partial charge < -0.3 is 10.2 Å². The van der Waals surface area contributed by atoms with E-state index in [-0.39, 0.29) is 12.5 Å². The minimum absolute atomic E-state index is 0.203. The Balaban J connectivity index is 2.02. The van der Waals surface area contributed by atoms with Crippen LogP contribution in [0.25, 0.3) is 0 Å². The number of nitrogens with one attached hydrogen (secondary N) is 1. The number of amides is 1. The highest BCUT2D eigenvalue weighted by atomic mass is 16.1. The van der Waals surface area contributed by atoms with Crippen molar-refractivity contribution < 1.29 is 4.79 Å². The van der Waals surface area contributed by atoms with Gasteiger partial charge in [0.05, 0.1) is 17.9 Å². The van der Waals surface area contributed by atoms with E-state index in [9.17, 15) is 4.79 Å². The molecular formula is C18H18N4O. The zero-order valence-corrected chi connectivity index (χ0v) is 13.2. The lowest BCUT2D eigenvalue weighted by Crippen LogP contribution is -2.23. The summed E-state index contributed by atoms with van der Waals surface area (Å²) in [5, 5.41) is 10.9.